The first-order valence-corrected chi connectivity index (χ1v) is 12.3. The molecule has 1 nitrogen and oxygen atoms in total. The number of hydrogen-bond donors (Lipinski definition) is 1. The van der Waals surface area contributed by atoms with Crippen molar-refractivity contribution in [1.82, 2.24) is 0 Å². The van der Waals surface area contributed by atoms with Crippen LogP contribution in [-0.4, -0.2) is 0 Å². The van der Waals surface area contributed by atoms with E-state index in [4.69, 9.17) is 0 Å². The van der Waals surface area contributed by atoms with Crippen LogP contribution in [0.3, 0.4) is 0 Å². The van der Waals surface area contributed by atoms with Gasteiger partial charge >= 0.3 is 0 Å². The fourth-order valence-corrected chi connectivity index (χ4v) is 5.16. The molecule has 0 aromatic heterocycles. The smallest absolute Gasteiger partial charge is 0.0620 e. The van der Waals surface area contributed by atoms with Gasteiger partial charge < -0.3 is 5.32 Å². The molecule has 4 rings (SSSR count). The highest BCUT2D eigenvalue weighted by Crippen LogP contribution is 2.39. The van der Waals surface area contributed by atoms with Crippen LogP contribution in [0.25, 0.3) is 21.5 Å². The van der Waals surface area contributed by atoms with E-state index in [0.717, 1.165) is 25.7 Å². The van der Waals surface area contributed by atoms with E-state index in [0.29, 0.717) is 0 Å². The highest BCUT2D eigenvalue weighted by molar-refractivity contribution is 6.11. The van der Waals surface area contributed by atoms with Crippen LogP contribution in [0.15, 0.2) is 78.9 Å². The summed E-state index contributed by atoms with van der Waals surface area (Å²) in [7, 11) is 0. The van der Waals surface area contributed by atoms with Gasteiger partial charge in [-0.1, -0.05) is 107 Å². The van der Waals surface area contributed by atoms with Crippen molar-refractivity contribution in [3.63, 3.8) is 0 Å². The SMILES string of the molecule is CCC(C)(CC)c1ccc(C(CC)(CC)Nc2cccc3c2ccc2ccccc23)cc1. The lowest BCUT2D eigenvalue weighted by Gasteiger charge is -2.36. The molecule has 1 heteroatoms. The third-order valence-corrected chi connectivity index (χ3v) is 8.06. The normalized spacial score (nSPS) is 12.4. The average molecular weight is 424 g/mol. The summed E-state index contributed by atoms with van der Waals surface area (Å²) in [5.74, 6) is 0. The molecule has 1 N–H and O–H groups in total. The molecule has 0 aliphatic carbocycles. The lowest BCUT2D eigenvalue weighted by molar-refractivity contribution is 0.435. The standard InChI is InChI=1S/C31H37N/c1-6-30(5,7-2)24-18-20-25(21-19-24)31(8-3,9-4)32-29-16-12-15-27-26-14-11-10-13-23(26)17-22-28(27)29/h10-22,32H,6-9H2,1-5H3. The Balaban J connectivity index is 1.77. The molecular formula is C31H37N. The van der Waals surface area contributed by atoms with Gasteiger partial charge in [0.25, 0.3) is 0 Å². The van der Waals surface area contributed by atoms with Gasteiger partial charge in [-0.15, -0.1) is 0 Å². The van der Waals surface area contributed by atoms with Crippen molar-refractivity contribution in [1.29, 1.82) is 0 Å². The number of fused-ring (bicyclic) bond motifs is 3. The zero-order chi connectivity index (χ0) is 22.8. The molecule has 4 aromatic carbocycles. The minimum atomic E-state index is -0.0900. The topological polar surface area (TPSA) is 12.0 Å². The third-order valence-electron chi connectivity index (χ3n) is 8.06. The van der Waals surface area contributed by atoms with Gasteiger partial charge in [-0.05, 0) is 64.5 Å². The molecule has 0 spiro atoms. The Hall–Kier alpha value is -2.80. The van der Waals surface area contributed by atoms with E-state index in [9.17, 15) is 0 Å². The van der Waals surface area contributed by atoms with E-state index >= 15 is 0 Å². The fourth-order valence-electron chi connectivity index (χ4n) is 5.16. The van der Waals surface area contributed by atoms with Gasteiger partial charge in [0.2, 0.25) is 0 Å². The van der Waals surface area contributed by atoms with Gasteiger partial charge in [0.15, 0.2) is 0 Å². The molecule has 0 heterocycles. The van der Waals surface area contributed by atoms with Crippen molar-refractivity contribution in [2.75, 3.05) is 5.32 Å². The second-order valence-electron chi connectivity index (χ2n) is 9.45. The first-order valence-electron chi connectivity index (χ1n) is 12.3. The number of nitrogens with one attached hydrogen (secondary N) is 1. The van der Waals surface area contributed by atoms with E-state index < -0.39 is 0 Å². The molecule has 0 unspecified atom stereocenters. The number of anilines is 1. The van der Waals surface area contributed by atoms with E-state index in [1.807, 2.05) is 0 Å². The third kappa shape index (κ3) is 3.79. The summed E-state index contributed by atoms with van der Waals surface area (Å²) in [6.07, 6.45) is 4.40. The summed E-state index contributed by atoms with van der Waals surface area (Å²) in [6.45, 7) is 11.6. The second kappa shape index (κ2) is 8.98. The van der Waals surface area contributed by atoms with Crippen LogP contribution in [0.1, 0.15) is 71.4 Å². The minimum absolute atomic E-state index is 0.0900. The Morgan fingerprint density at radius 1 is 0.562 bits per heavy atom. The van der Waals surface area contributed by atoms with Gasteiger partial charge in [-0.3, -0.25) is 0 Å². The van der Waals surface area contributed by atoms with Gasteiger partial charge in [0.05, 0.1) is 5.54 Å². The maximum absolute atomic E-state index is 4.00. The Kier molecular flexibility index (Phi) is 6.29. The van der Waals surface area contributed by atoms with E-state index in [1.54, 1.807) is 0 Å². The number of rotatable bonds is 8. The first-order chi connectivity index (χ1) is 15.5. The summed E-state index contributed by atoms with van der Waals surface area (Å²) in [5, 5.41) is 9.21. The van der Waals surface area contributed by atoms with Crippen molar-refractivity contribution >= 4 is 27.2 Å². The van der Waals surface area contributed by atoms with Crippen LogP contribution in [0.5, 0.6) is 0 Å². The molecule has 0 atom stereocenters. The van der Waals surface area contributed by atoms with Crippen molar-refractivity contribution < 1.29 is 0 Å². The predicted octanol–water partition coefficient (Wildman–Crippen LogP) is 9.20. The van der Waals surface area contributed by atoms with Crippen LogP contribution in [-0.2, 0) is 11.0 Å². The van der Waals surface area contributed by atoms with Gasteiger partial charge in [0.1, 0.15) is 0 Å². The monoisotopic (exact) mass is 423 g/mol. The summed E-state index contributed by atoms with van der Waals surface area (Å²) >= 11 is 0. The molecule has 0 fully saturated rings. The first kappa shape index (κ1) is 22.4. The second-order valence-corrected chi connectivity index (χ2v) is 9.45. The van der Waals surface area contributed by atoms with Gasteiger partial charge in [0, 0.05) is 11.1 Å². The highest BCUT2D eigenvalue weighted by Gasteiger charge is 2.30. The summed E-state index contributed by atoms with van der Waals surface area (Å²) in [6, 6.07) is 29.3. The molecule has 0 saturated heterocycles. The fraction of sp³-hybridized carbons (Fsp3) is 0.355. The Bertz CT molecular complexity index is 1190. The van der Waals surface area contributed by atoms with Gasteiger partial charge in [-0.25, -0.2) is 0 Å². The largest absolute Gasteiger partial charge is 0.375 e. The minimum Gasteiger partial charge on any atom is -0.375 e. The average Bonchev–Trinajstić information content (AvgIpc) is 2.87. The quantitative estimate of drug-likeness (QED) is 0.278. The van der Waals surface area contributed by atoms with Crippen LogP contribution in [0, 0.1) is 0 Å². The highest BCUT2D eigenvalue weighted by atomic mass is 15.0. The number of hydrogen-bond acceptors (Lipinski definition) is 1. The molecule has 0 aliphatic rings. The molecule has 0 aliphatic heterocycles. The van der Waals surface area contributed by atoms with Gasteiger partial charge in [-0.2, -0.15) is 0 Å². The predicted molar refractivity (Wildman–Crippen MR) is 142 cm³/mol. The van der Waals surface area contributed by atoms with E-state index in [-0.39, 0.29) is 11.0 Å². The molecule has 0 bridgehead atoms. The van der Waals surface area contributed by atoms with Crippen LogP contribution in [0.2, 0.25) is 0 Å². The van der Waals surface area contributed by atoms with Crippen molar-refractivity contribution in [2.45, 2.75) is 71.3 Å². The van der Waals surface area contributed by atoms with Crippen LogP contribution in [0.4, 0.5) is 5.69 Å². The molecular weight excluding hydrogens is 386 g/mol. The van der Waals surface area contributed by atoms with Crippen molar-refractivity contribution in [3.8, 4) is 0 Å². The van der Waals surface area contributed by atoms with Crippen molar-refractivity contribution in [2.24, 2.45) is 0 Å². The molecule has 0 amide bonds. The zero-order valence-electron chi connectivity index (χ0n) is 20.3. The summed E-state index contributed by atoms with van der Waals surface area (Å²) in [4.78, 5) is 0. The van der Waals surface area contributed by atoms with E-state index in [1.165, 1.54) is 38.4 Å². The Labute approximate surface area is 193 Å². The van der Waals surface area contributed by atoms with E-state index in [2.05, 4.69) is 119 Å². The molecule has 32 heavy (non-hydrogen) atoms. The van der Waals surface area contributed by atoms with Crippen molar-refractivity contribution in [3.05, 3.63) is 90.0 Å². The Morgan fingerprint density at radius 2 is 1.19 bits per heavy atom. The van der Waals surface area contributed by atoms with Crippen LogP contribution >= 0.6 is 0 Å². The maximum Gasteiger partial charge on any atom is 0.0620 e. The molecule has 0 radical (unpaired) electrons. The summed E-state index contributed by atoms with van der Waals surface area (Å²) in [5.41, 5.74) is 4.20. The molecule has 166 valence electrons. The maximum atomic E-state index is 4.00. The molecule has 4 aromatic rings. The lowest BCUT2D eigenvalue weighted by atomic mass is 9.76. The molecule has 0 saturated carbocycles. The summed E-state index contributed by atoms with van der Waals surface area (Å²) < 4.78 is 0. The Morgan fingerprint density at radius 3 is 1.84 bits per heavy atom. The lowest BCUT2D eigenvalue weighted by Crippen LogP contribution is -2.34. The zero-order valence-corrected chi connectivity index (χ0v) is 20.3. The number of benzene rings is 4. The van der Waals surface area contributed by atoms with Crippen LogP contribution < -0.4 is 5.32 Å².